The average Bonchev–Trinajstić information content (AvgIpc) is 2.24. The van der Waals surface area contributed by atoms with E-state index in [9.17, 15) is 9.59 Å². The van der Waals surface area contributed by atoms with E-state index in [0.29, 0.717) is 18.4 Å². The smallest absolute Gasteiger partial charge is 0.253 e. The first-order chi connectivity index (χ1) is 7.25. The number of rotatable bonds is 1. The Hall–Kier alpha value is -1.90. The lowest BCUT2D eigenvalue weighted by Crippen LogP contribution is -2.35. The van der Waals surface area contributed by atoms with Gasteiger partial charge in [-0.3, -0.25) is 14.9 Å². The second-order valence-electron chi connectivity index (χ2n) is 3.46. The fourth-order valence-corrected chi connectivity index (χ4v) is 1.52. The van der Waals surface area contributed by atoms with Gasteiger partial charge in [-0.15, -0.1) is 0 Å². The fraction of sp³-hybridized carbons (Fsp3) is 0.167. The average molecular weight is 201 g/mol. The van der Waals surface area contributed by atoms with Gasteiger partial charge < -0.3 is 0 Å². The highest BCUT2D eigenvalue weighted by molar-refractivity contribution is 6.09. The fourth-order valence-electron chi connectivity index (χ4n) is 1.52. The van der Waals surface area contributed by atoms with Crippen LogP contribution >= 0.6 is 0 Å². The number of piperidine rings is 1. The van der Waals surface area contributed by atoms with Crippen molar-refractivity contribution in [1.29, 1.82) is 0 Å². The maximum atomic E-state index is 11.4. The van der Waals surface area contributed by atoms with Crippen LogP contribution in [0.4, 0.5) is 0 Å². The third kappa shape index (κ3) is 2.31. The minimum atomic E-state index is -0.268. The van der Waals surface area contributed by atoms with Gasteiger partial charge in [0.1, 0.15) is 0 Å². The molecule has 1 heterocycles. The van der Waals surface area contributed by atoms with Crippen molar-refractivity contribution in [1.82, 2.24) is 5.32 Å². The third-order valence-corrected chi connectivity index (χ3v) is 2.31. The molecule has 2 rings (SSSR count). The number of carbonyl (C=O) groups excluding carboxylic acids is 2. The Balaban J connectivity index is 2.21. The molecule has 1 N–H and O–H groups in total. The van der Waals surface area contributed by atoms with Crippen LogP contribution < -0.4 is 5.32 Å². The van der Waals surface area contributed by atoms with Crippen LogP contribution in [-0.4, -0.2) is 11.8 Å². The Bertz CT molecular complexity index is 421. The van der Waals surface area contributed by atoms with Gasteiger partial charge in [-0.05, 0) is 18.1 Å². The zero-order chi connectivity index (χ0) is 10.7. The first kappa shape index (κ1) is 9.65. The van der Waals surface area contributed by atoms with Gasteiger partial charge >= 0.3 is 0 Å². The molecule has 0 spiro atoms. The lowest BCUT2D eigenvalue weighted by atomic mass is 10.0. The maximum Gasteiger partial charge on any atom is 0.253 e. The Morgan fingerprint density at radius 2 is 1.80 bits per heavy atom. The van der Waals surface area contributed by atoms with Gasteiger partial charge in [-0.2, -0.15) is 0 Å². The molecule has 1 saturated heterocycles. The zero-order valence-electron chi connectivity index (χ0n) is 8.19. The molecule has 0 aromatic heterocycles. The van der Waals surface area contributed by atoms with Gasteiger partial charge in [0.2, 0.25) is 5.91 Å². The number of carbonyl (C=O) groups is 2. The summed E-state index contributed by atoms with van der Waals surface area (Å²) in [6, 6.07) is 9.61. The third-order valence-electron chi connectivity index (χ3n) is 2.31. The van der Waals surface area contributed by atoms with Crippen LogP contribution in [0.25, 0.3) is 6.08 Å². The summed E-state index contributed by atoms with van der Waals surface area (Å²) in [4.78, 5) is 22.3. The predicted octanol–water partition coefficient (Wildman–Crippen LogP) is 1.51. The van der Waals surface area contributed by atoms with Gasteiger partial charge in [0.15, 0.2) is 0 Å². The van der Waals surface area contributed by atoms with E-state index in [2.05, 4.69) is 5.32 Å². The Labute approximate surface area is 87.8 Å². The predicted molar refractivity (Wildman–Crippen MR) is 56.8 cm³/mol. The molecule has 1 aliphatic heterocycles. The number of imide groups is 1. The van der Waals surface area contributed by atoms with Crippen molar-refractivity contribution in [2.24, 2.45) is 0 Å². The van der Waals surface area contributed by atoms with Gasteiger partial charge in [0, 0.05) is 12.0 Å². The van der Waals surface area contributed by atoms with Crippen LogP contribution in [0.3, 0.4) is 0 Å². The molecule has 1 fully saturated rings. The normalized spacial score (nSPS) is 19.1. The van der Waals surface area contributed by atoms with Gasteiger partial charge in [0.05, 0.1) is 0 Å². The molecule has 0 radical (unpaired) electrons. The Morgan fingerprint density at radius 3 is 2.47 bits per heavy atom. The van der Waals surface area contributed by atoms with E-state index in [-0.39, 0.29) is 11.8 Å². The van der Waals surface area contributed by atoms with Gasteiger partial charge in [-0.25, -0.2) is 0 Å². The lowest BCUT2D eigenvalue weighted by Gasteiger charge is -2.13. The Kier molecular flexibility index (Phi) is 2.63. The molecule has 76 valence electrons. The number of benzene rings is 1. The summed E-state index contributed by atoms with van der Waals surface area (Å²) in [5.74, 6) is -0.458. The van der Waals surface area contributed by atoms with E-state index in [0.717, 1.165) is 5.56 Å². The second-order valence-corrected chi connectivity index (χ2v) is 3.46. The van der Waals surface area contributed by atoms with Crippen LogP contribution in [0.15, 0.2) is 35.9 Å². The van der Waals surface area contributed by atoms with Crippen LogP contribution in [0.5, 0.6) is 0 Å². The summed E-state index contributed by atoms with van der Waals surface area (Å²) in [7, 11) is 0. The van der Waals surface area contributed by atoms with Gasteiger partial charge in [-0.1, -0.05) is 30.3 Å². The first-order valence-corrected chi connectivity index (χ1v) is 4.85. The van der Waals surface area contributed by atoms with E-state index >= 15 is 0 Å². The van der Waals surface area contributed by atoms with E-state index in [4.69, 9.17) is 0 Å². The van der Waals surface area contributed by atoms with Crippen LogP contribution in [0, 0.1) is 0 Å². The summed E-state index contributed by atoms with van der Waals surface area (Å²) in [6.45, 7) is 0. The molecule has 0 bridgehead atoms. The highest BCUT2D eigenvalue weighted by atomic mass is 16.2. The molecule has 15 heavy (non-hydrogen) atoms. The molecular formula is C12H11NO2. The molecule has 3 heteroatoms. The highest BCUT2D eigenvalue weighted by Crippen LogP contribution is 2.15. The topological polar surface area (TPSA) is 46.2 Å². The van der Waals surface area contributed by atoms with E-state index in [1.165, 1.54) is 0 Å². The lowest BCUT2D eigenvalue weighted by molar-refractivity contribution is -0.130. The highest BCUT2D eigenvalue weighted by Gasteiger charge is 2.19. The first-order valence-electron chi connectivity index (χ1n) is 4.85. The minimum absolute atomic E-state index is 0.190. The van der Waals surface area contributed by atoms with Crippen molar-refractivity contribution in [3.8, 4) is 0 Å². The van der Waals surface area contributed by atoms with Crippen molar-refractivity contribution >= 4 is 17.9 Å². The van der Waals surface area contributed by atoms with Gasteiger partial charge in [0.25, 0.3) is 5.91 Å². The van der Waals surface area contributed by atoms with E-state index < -0.39 is 0 Å². The van der Waals surface area contributed by atoms with Crippen LogP contribution in [0.1, 0.15) is 18.4 Å². The number of hydrogen-bond donors (Lipinski definition) is 1. The molecule has 3 nitrogen and oxygen atoms in total. The maximum absolute atomic E-state index is 11.4. The zero-order valence-corrected chi connectivity index (χ0v) is 8.19. The molecule has 1 aromatic carbocycles. The molecule has 0 unspecified atom stereocenters. The molecule has 0 saturated carbocycles. The summed E-state index contributed by atoms with van der Waals surface area (Å²) < 4.78 is 0. The monoisotopic (exact) mass is 201 g/mol. The SMILES string of the molecule is O=C1CC/C(=C/c2ccccc2)C(=O)N1. The molecule has 0 atom stereocenters. The standard InChI is InChI=1S/C12H11NO2/c14-11-7-6-10(12(15)13-11)8-9-4-2-1-3-5-9/h1-5,8H,6-7H2,(H,13,14,15)/b10-8-. The molecule has 1 aliphatic rings. The molecular weight excluding hydrogens is 190 g/mol. The van der Waals surface area contributed by atoms with E-state index in [1.54, 1.807) is 0 Å². The quantitative estimate of drug-likeness (QED) is 0.553. The Morgan fingerprint density at radius 1 is 1.07 bits per heavy atom. The second kappa shape index (κ2) is 4.09. The number of hydrogen-bond acceptors (Lipinski definition) is 2. The number of nitrogens with one attached hydrogen (secondary N) is 1. The van der Waals surface area contributed by atoms with Crippen molar-refractivity contribution in [3.05, 3.63) is 41.5 Å². The summed E-state index contributed by atoms with van der Waals surface area (Å²) in [5, 5.41) is 2.30. The molecule has 2 amide bonds. The largest absolute Gasteiger partial charge is 0.293 e. The van der Waals surface area contributed by atoms with E-state index in [1.807, 2.05) is 36.4 Å². The van der Waals surface area contributed by atoms with Crippen LogP contribution in [0.2, 0.25) is 0 Å². The van der Waals surface area contributed by atoms with Crippen molar-refractivity contribution in [3.63, 3.8) is 0 Å². The summed E-state index contributed by atoms with van der Waals surface area (Å²) in [6.07, 6.45) is 2.74. The summed E-state index contributed by atoms with van der Waals surface area (Å²) in [5.41, 5.74) is 1.65. The molecule has 0 aliphatic carbocycles. The summed E-state index contributed by atoms with van der Waals surface area (Å²) >= 11 is 0. The van der Waals surface area contributed by atoms with Crippen molar-refractivity contribution in [2.75, 3.05) is 0 Å². The van der Waals surface area contributed by atoms with Crippen LogP contribution in [-0.2, 0) is 9.59 Å². The molecule has 1 aromatic rings. The van der Waals surface area contributed by atoms with Crippen molar-refractivity contribution < 1.29 is 9.59 Å². The minimum Gasteiger partial charge on any atom is -0.293 e. The number of amides is 2. The van der Waals surface area contributed by atoms with Crippen molar-refractivity contribution in [2.45, 2.75) is 12.8 Å².